The number of hydrogen-bond donors (Lipinski definition) is 0. The predicted octanol–water partition coefficient (Wildman–Crippen LogP) is 16.1. The van der Waals surface area contributed by atoms with E-state index in [9.17, 15) is 24.0 Å². The van der Waals surface area contributed by atoms with E-state index in [2.05, 4.69) is 66.4 Å². The van der Waals surface area contributed by atoms with Crippen molar-refractivity contribution < 1.29 is 47.7 Å². The van der Waals surface area contributed by atoms with Crippen LogP contribution in [0.15, 0.2) is 163 Å². The molecule has 0 amide bonds. The zero-order chi connectivity index (χ0) is 59.8. The third kappa shape index (κ3) is 13.4. The summed E-state index contributed by atoms with van der Waals surface area (Å²) in [7, 11) is 3.16. The number of benzene rings is 5. The number of methoxy groups -OCH3 is 2. The number of fused-ring (bicyclic) bond motifs is 7. The Kier molecular flexibility index (Phi) is 18.4. The summed E-state index contributed by atoms with van der Waals surface area (Å²) in [6.07, 6.45) is 28.5. The molecule has 5 aromatic carbocycles. The first kappa shape index (κ1) is 59.2. The Hall–Kier alpha value is -8.59. The summed E-state index contributed by atoms with van der Waals surface area (Å²) in [5.41, 5.74) is 16.2. The van der Waals surface area contributed by atoms with Gasteiger partial charge in [0.1, 0.15) is 12.4 Å². The molecule has 0 saturated heterocycles. The quantitative estimate of drug-likeness (QED) is 0.0270. The van der Waals surface area contributed by atoms with Crippen molar-refractivity contribution in [3.63, 3.8) is 0 Å². The topological polar surface area (TPSA) is 132 Å². The highest BCUT2D eigenvalue weighted by Crippen LogP contribution is 2.47. The van der Waals surface area contributed by atoms with Crippen molar-refractivity contribution >= 4 is 52.9 Å². The molecule has 440 valence electrons. The van der Waals surface area contributed by atoms with Crippen molar-refractivity contribution in [2.75, 3.05) is 34.0 Å². The molecule has 5 aromatic rings. The molecular weight excluding hydrogens is 1070 g/mol. The van der Waals surface area contributed by atoms with E-state index in [1.54, 1.807) is 38.5 Å². The molecule has 0 spiro atoms. The van der Waals surface area contributed by atoms with Crippen molar-refractivity contribution in [1.29, 1.82) is 0 Å². The Balaban J connectivity index is 0.638. The summed E-state index contributed by atoms with van der Waals surface area (Å²) in [5, 5.41) is 0. The van der Waals surface area contributed by atoms with Crippen LogP contribution in [0.1, 0.15) is 145 Å². The van der Waals surface area contributed by atoms with E-state index in [1.807, 2.05) is 93.6 Å². The van der Waals surface area contributed by atoms with E-state index in [4.69, 9.17) is 23.7 Å². The molecule has 6 aliphatic rings. The highest BCUT2D eigenvalue weighted by molar-refractivity contribution is 6.12. The molecule has 0 N–H and O–H groups in total. The molecule has 6 aliphatic carbocycles. The van der Waals surface area contributed by atoms with Crippen LogP contribution in [-0.2, 0) is 19.1 Å². The maximum atomic E-state index is 13.9. The first-order valence-electron chi connectivity index (χ1n) is 30.7. The van der Waals surface area contributed by atoms with Crippen LogP contribution >= 0.6 is 0 Å². The normalized spacial score (nSPS) is 19.7. The largest absolute Gasteiger partial charge is 0.493 e. The smallest absolute Gasteiger partial charge is 0.330 e. The monoisotopic (exact) mass is 1150 g/mol. The Labute approximate surface area is 505 Å². The minimum atomic E-state index is -0.465. The minimum Gasteiger partial charge on any atom is -0.493 e. The number of ether oxygens (including phenoxy) is 5. The van der Waals surface area contributed by atoms with Gasteiger partial charge in [-0.2, -0.15) is 0 Å². The van der Waals surface area contributed by atoms with Crippen LogP contribution in [0.5, 0.6) is 23.0 Å². The van der Waals surface area contributed by atoms with Crippen LogP contribution < -0.4 is 18.9 Å². The van der Waals surface area contributed by atoms with Gasteiger partial charge in [-0.1, -0.05) is 142 Å². The van der Waals surface area contributed by atoms with Gasteiger partial charge in [0.25, 0.3) is 0 Å². The Morgan fingerprint density at radius 2 is 1.40 bits per heavy atom. The SMILES string of the molecule is COc1cc2c(cc1OCCCOc1cc3c(cc1OC)C(=O)CCC1C=C(c4ccc(/C=C/C(=O)[C@H](C)CCCC(=O)[C@@H](/C=C/C(=O)OCC5c6ccccc6-c6ccccc65)C(C)C)cc4)C[C@H]1/C=C\3)C=C=C[C@@H]1CC(C3CC3)=CC=C1C2=O. The number of rotatable bonds is 23. The second-order valence-corrected chi connectivity index (χ2v) is 24.1. The molecule has 0 heterocycles. The third-order valence-corrected chi connectivity index (χ3v) is 18.1. The van der Waals surface area contributed by atoms with E-state index < -0.39 is 11.9 Å². The number of Topliss-reactive ketones (excluding diaryl/α,β-unsaturated/α-hetero) is 3. The maximum absolute atomic E-state index is 13.9. The lowest BCUT2D eigenvalue weighted by Crippen LogP contribution is -2.19. The van der Waals surface area contributed by atoms with Gasteiger partial charge in [-0.15, -0.1) is 5.73 Å². The summed E-state index contributed by atoms with van der Waals surface area (Å²) in [6.45, 7) is 6.73. The van der Waals surface area contributed by atoms with E-state index in [0.29, 0.717) is 85.4 Å². The Morgan fingerprint density at radius 1 is 0.709 bits per heavy atom. The predicted molar refractivity (Wildman–Crippen MR) is 338 cm³/mol. The zero-order valence-corrected chi connectivity index (χ0v) is 50.0. The third-order valence-electron chi connectivity index (χ3n) is 18.1. The molecular formula is C76H76O10. The minimum absolute atomic E-state index is 0.000170. The molecule has 1 unspecified atom stereocenters. The number of hydrogen-bond acceptors (Lipinski definition) is 10. The van der Waals surface area contributed by atoms with Crippen LogP contribution in [0, 0.1) is 41.4 Å². The van der Waals surface area contributed by atoms with Crippen molar-refractivity contribution in [3.8, 4) is 34.1 Å². The second-order valence-electron chi connectivity index (χ2n) is 24.1. The fourth-order valence-electron chi connectivity index (χ4n) is 12.9. The van der Waals surface area contributed by atoms with Gasteiger partial charge < -0.3 is 23.7 Å². The lowest BCUT2D eigenvalue weighted by molar-refractivity contribution is -0.138. The zero-order valence-electron chi connectivity index (χ0n) is 50.0. The van der Waals surface area contributed by atoms with Gasteiger partial charge in [-0.3, -0.25) is 19.2 Å². The number of carbonyl (C=O) groups excluding carboxylic acids is 5. The van der Waals surface area contributed by atoms with Gasteiger partial charge in [0.2, 0.25) is 0 Å². The number of esters is 1. The van der Waals surface area contributed by atoms with Crippen molar-refractivity contribution in [2.24, 2.45) is 41.4 Å². The molecule has 0 radical (unpaired) electrons. The van der Waals surface area contributed by atoms with Crippen LogP contribution in [0.3, 0.4) is 0 Å². The summed E-state index contributed by atoms with van der Waals surface area (Å²) >= 11 is 0. The van der Waals surface area contributed by atoms with Crippen molar-refractivity contribution in [2.45, 2.75) is 90.9 Å². The van der Waals surface area contributed by atoms with E-state index in [1.165, 1.54) is 41.2 Å². The molecule has 86 heavy (non-hydrogen) atoms. The lowest BCUT2D eigenvalue weighted by atomic mass is 9.80. The molecule has 10 heteroatoms. The molecule has 10 nitrogen and oxygen atoms in total. The van der Waals surface area contributed by atoms with Crippen LogP contribution in [0.25, 0.3) is 34.9 Å². The van der Waals surface area contributed by atoms with E-state index in [0.717, 1.165) is 58.2 Å². The second kappa shape index (κ2) is 26.8. The maximum Gasteiger partial charge on any atom is 0.330 e. The van der Waals surface area contributed by atoms with Gasteiger partial charge in [-0.05, 0) is 161 Å². The average Bonchev–Trinajstić information content (AvgIpc) is 3.15. The molecule has 11 rings (SSSR count). The van der Waals surface area contributed by atoms with Gasteiger partial charge in [0, 0.05) is 65.7 Å². The fourth-order valence-corrected chi connectivity index (χ4v) is 12.9. The van der Waals surface area contributed by atoms with Gasteiger partial charge in [-0.25, -0.2) is 4.79 Å². The molecule has 0 aromatic heterocycles. The van der Waals surface area contributed by atoms with E-state index >= 15 is 0 Å². The summed E-state index contributed by atoms with van der Waals surface area (Å²) in [6, 6.07) is 32.0. The molecule has 5 atom stereocenters. The van der Waals surface area contributed by atoms with Crippen LogP contribution in [-0.4, -0.2) is 63.1 Å². The van der Waals surface area contributed by atoms with Crippen molar-refractivity contribution in [3.05, 3.63) is 207 Å². The number of carbonyl (C=O) groups is 5. The van der Waals surface area contributed by atoms with Crippen LogP contribution in [0.4, 0.5) is 0 Å². The summed E-state index contributed by atoms with van der Waals surface area (Å²) in [4.78, 5) is 67.4. The van der Waals surface area contributed by atoms with Gasteiger partial charge in [0.05, 0.1) is 27.4 Å². The first-order chi connectivity index (χ1) is 41.8. The highest BCUT2D eigenvalue weighted by Gasteiger charge is 2.34. The molecule has 1 fully saturated rings. The van der Waals surface area contributed by atoms with Gasteiger partial charge in [0.15, 0.2) is 40.3 Å². The molecule has 0 bridgehead atoms. The van der Waals surface area contributed by atoms with E-state index in [-0.39, 0.29) is 65.2 Å². The summed E-state index contributed by atoms with van der Waals surface area (Å²) in [5.74, 6) is 2.06. The first-order valence-corrected chi connectivity index (χ1v) is 30.7. The highest BCUT2D eigenvalue weighted by atomic mass is 16.5. The Morgan fingerprint density at radius 3 is 2.08 bits per heavy atom. The van der Waals surface area contributed by atoms with Gasteiger partial charge >= 0.3 is 5.97 Å². The van der Waals surface area contributed by atoms with Crippen molar-refractivity contribution in [1.82, 2.24) is 0 Å². The number of allylic oxidation sites excluding steroid dienone is 10. The lowest BCUT2D eigenvalue weighted by Gasteiger charge is -2.23. The van der Waals surface area contributed by atoms with Crippen LogP contribution in [0.2, 0.25) is 0 Å². The molecule has 1 saturated carbocycles. The standard InChI is InChI=1S/C76H76O10/c1-47(2)59(33-36-75(80)86-46-67-63-18-8-6-16-61(63)62-17-7-9-19-64(62)67)69(78)20-10-13-48(3)68(77)34-23-49-21-24-51(25-22-49)58-40-53-28-29-57-43-74(71(82-4)44-65(57)70(79)35-31-54(53)41-58)85-38-12-37-84-73-42-56-15-11-14-55-39-52(50-26-27-50)30-32-60(55)76(81)66(56)45-72(73)83-5/h6-9,14-19,21-25,28-30,32-34,36,41-45,47-48,50,53-55,59,67H,10,12-13,20,26-27,31,35,37-40,46H2,1-5H3/b29-28-,34-23+,36-33+/t11?,48-,53-,54?,55-,59+/m1/s1. The fraction of sp³-hybridized carbons (Fsp3) is 0.342. The summed E-state index contributed by atoms with van der Waals surface area (Å²) < 4.78 is 29.8. The average molecular weight is 1150 g/mol. The Bertz CT molecular complexity index is 3650. The molecule has 0 aliphatic heterocycles. The number of ketones is 4.